The van der Waals surface area contributed by atoms with Gasteiger partial charge in [-0.2, -0.15) is 0 Å². The van der Waals surface area contributed by atoms with Crippen LogP contribution in [0.4, 0.5) is 5.69 Å². The summed E-state index contributed by atoms with van der Waals surface area (Å²) in [6.45, 7) is 7.53. The average molecular weight is 347 g/mol. The second-order valence-electron chi connectivity index (χ2n) is 5.09. The van der Waals surface area contributed by atoms with Gasteiger partial charge in [-0.1, -0.05) is 64.5 Å². The van der Waals surface area contributed by atoms with E-state index in [0.29, 0.717) is 5.69 Å². The topological polar surface area (TPSA) is 9.29 Å². The van der Waals surface area contributed by atoms with Crippen LogP contribution < -0.4 is 0 Å². The second-order valence-corrected chi connectivity index (χ2v) is 5.94. The minimum atomic E-state index is 0.633. The number of fused-ring (bicyclic) bond motifs is 3. The lowest BCUT2D eigenvalue weighted by Gasteiger charge is -2.10. The van der Waals surface area contributed by atoms with Crippen molar-refractivity contribution in [2.45, 2.75) is 0 Å². The highest BCUT2D eigenvalue weighted by Crippen LogP contribution is 2.38. The molecular weight excluding hydrogens is 336 g/mol. The summed E-state index contributed by atoms with van der Waals surface area (Å²) in [7, 11) is 0. The van der Waals surface area contributed by atoms with Gasteiger partial charge in [0.1, 0.15) is 0 Å². The van der Waals surface area contributed by atoms with Crippen molar-refractivity contribution in [2.75, 3.05) is 0 Å². The fourth-order valence-electron chi connectivity index (χ4n) is 2.98. The quantitative estimate of drug-likeness (QED) is 0.368. The summed E-state index contributed by atoms with van der Waals surface area (Å²) in [4.78, 5) is 3.72. The molecule has 0 radical (unpaired) electrons. The molecule has 0 spiro atoms. The molecule has 0 unspecified atom stereocenters. The molecule has 0 saturated heterocycles. The Hall–Kier alpha value is -2.57. The maximum absolute atomic E-state index is 7.53. The van der Waals surface area contributed by atoms with Crippen LogP contribution in [0.2, 0.25) is 0 Å². The predicted octanol–water partition coefficient (Wildman–Crippen LogP) is 6.10. The third-order valence-electron chi connectivity index (χ3n) is 3.90. The van der Waals surface area contributed by atoms with Gasteiger partial charge < -0.3 is 4.57 Å². The number of aromatic nitrogens is 1. The highest BCUT2D eigenvalue weighted by molar-refractivity contribution is 9.10. The van der Waals surface area contributed by atoms with E-state index in [1.165, 1.54) is 10.8 Å². The van der Waals surface area contributed by atoms with Gasteiger partial charge in [0.25, 0.3) is 0 Å². The fourth-order valence-corrected chi connectivity index (χ4v) is 3.42. The van der Waals surface area contributed by atoms with Crippen molar-refractivity contribution in [3.8, 4) is 5.69 Å². The molecule has 0 bridgehead atoms. The van der Waals surface area contributed by atoms with Crippen molar-refractivity contribution < 1.29 is 0 Å². The van der Waals surface area contributed by atoms with Crippen LogP contribution in [0.15, 0.2) is 71.2 Å². The van der Waals surface area contributed by atoms with E-state index >= 15 is 0 Å². The van der Waals surface area contributed by atoms with E-state index in [9.17, 15) is 0 Å². The van der Waals surface area contributed by atoms with Crippen molar-refractivity contribution in [1.82, 2.24) is 4.57 Å². The van der Waals surface area contributed by atoms with Crippen LogP contribution in [0.1, 0.15) is 0 Å². The van der Waals surface area contributed by atoms with Gasteiger partial charge in [-0.25, -0.2) is 4.85 Å². The van der Waals surface area contributed by atoms with Crippen LogP contribution in [0, 0.1) is 6.57 Å². The summed E-state index contributed by atoms with van der Waals surface area (Å²) in [5.74, 6) is 0. The number of hydrogen-bond acceptors (Lipinski definition) is 0. The highest BCUT2D eigenvalue weighted by Gasteiger charge is 2.15. The largest absolute Gasteiger partial charge is 0.319 e. The Labute approximate surface area is 136 Å². The lowest BCUT2D eigenvalue weighted by molar-refractivity contribution is 1.18. The molecule has 0 aliphatic carbocycles. The molecule has 3 aromatic carbocycles. The summed E-state index contributed by atoms with van der Waals surface area (Å²) in [6, 6.07) is 22.5. The normalized spacial score (nSPS) is 10.9. The number of nitrogens with zero attached hydrogens (tertiary/aromatic N) is 2. The lowest BCUT2D eigenvalue weighted by atomic mass is 10.2. The Balaban J connectivity index is 2.24. The van der Waals surface area contributed by atoms with Gasteiger partial charge in [-0.05, 0) is 18.2 Å². The Morgan fingerprint density at radius 1 is 0.773 bits per heavy atom. The number of hydrogen-bond donors (Lipinski definition) is 0. The average Bonchev–Trinajstić information content (AvgIpc) is 2.89. The maximum Gasteiger partial charge on any atom is 0.224 e. The lowest BCUT2D eigenvalue weighted by Crippen LogP contribution is -1.94. The van der Waals surface area contributed by atoms with E-state index in [1.807, 2.05) is 30.3 Å². The van der Waals surface area contributed by atoms with E-state index in [0.717, 1.165) is 21.2 Å². The third kappa shape index (κ3) is 1.78. The highest BCUT2D eigenvalue weighted by atomic mass is 79.9. The van der Waals surface area contributed by atoms with Crippen molar-refractivity contribution in [1.29, 1.82) is 0 Å². The molecule has 0 saturated carbocycles. The van der Waals surface area contributed by atoms with Gasteiger partial charge in [0.05, 0.1) is 23.3 Å². The Morgan fingerprint density at radius 2 is 1.36 bits per heavy atom. The molecule has 0 fully saturated rings. The SMILES string of the molecule is [C-]#[N+]c1c(Br)cccc1-n1c2ccccc2c2ccccc21. The molecular formula is C19H11BrN2. The van der Waals surface area contributed by atoms with Crippen LogP contribution in [0.3, 0.4) is 0 Å². The molecule has 22 heavy (non-hydrogen) atoms. The van der Waals surface area contributed by atoms with Gasteiger partial charge in [0.2, 0.25) is 5.69 Å². The standard InChI is InChI=1S/C19H11BrN2/c1-21-19-15(20)9-6-12-18(19)22-16-10-4-2-7-13(16)14-8-3-5-11-17(14)22/h2-12H. The molecule has 1 aromatic heterocycles. The minimum Gasteiger partial charge on any atom is -0.319 e. The first kappa shape index (κ1) is 13.1. The zero-order valence-electron chi connectivity index (χ0n) is 11.6. The number of halogens is 1. The molecule has 104 valence electrons. The molecule has 4 rings (SSSR count). The zero-order chi connectivity index (χ0) is 15.1. The van der Waals surface area contributed by atoms with Gasteiger partial charge in [-0.3, -0.25) is 0 Å². The summed E-state index contributed by atoms with van der Waals surface area (Å²) < 4.78 is 2.99. The van der Waals surface area contributed by atoms with Crippen molar-refractivity contribution in [3.63, 3.8) is 0 Å². The molecule has 0 N–H and O–H groups in total. The summed E-state index contributed by atoms with van der Waals surface area (Å²) >= 11 is 3.49. The Morgan fingerprint density at radius 3 is 1.95 bits per heavy atom. The van der Waals surface area contributed by atoms with Crippen molar-refractivity contribution >= 4 is 43.4 Å². The van der Waals surface area contributed by atoms with E-state index in [2.05, 4.69) is 61.7 Å². The first-order valence-corrected chi connectivity index (χ1v) is 7.75. The van der Waals surface area contributed by atoms with Gasteiger partial charge >= 0.3 is 0 Å². The molecule has 2 nitrogen and oxygen atoms in total. The smallest absolute Gasteiger partial charge is 0.224 e. The first-order chi connectivity index (χ1) is 10.8. The fraction of sp³-hybridized carbons (Fsp3) is 0. The molecule has 1 heterocycles. The third-order valence-corrected chi connectivity index (χ3v) is 4.54. The molecule has 0 aliphatic rings. The zero-order valence-corrected chi connectivity index (χ0v) is 13.2. The summed E-state index contributed by atoms with van der Waals surface area (Å²) in [5, 5.41) is 2.41. The number of para-hydroxylation sites is 3. The minimum absolute atomic E-state index is 0.633. The van der Waals surface area contributed by atoms with Crippen LogP contribution in [-0.2, 0) is 0 Å². The molecule has 0 atom stereocenters. The summed E-state index contributed by atoms with van der Waals surface area (Å²) in [6.07, 6.45) is 0. The number of rotatable bonds is 1. The van der Waals surface area contributed by atoms with E-state index < -0.39 is 0 Å². The van der Waals surface area contributed by atoms with Crippen molar-refractivity contribution in [2.24, 2.45) is 0 Å². The van der Waals surface area contributed by atoms with Crippen LogP contribution in [0.25, 0.3) is 32.3 Å². The maximum atomic E-state index is 7.53. The van der Waals surface area contributed by atoms with Crippen LogP contribution >= 0.6 is 15.9 Å². The van der Waals surface area contributed by atoms with E-state index in [4.69, 9.17) is 6.57 Å². The van der Waals surface area contributed by atoms with Gasteiger partial charge in [-0.15, -0.1) is 0 Å². The predicted molar refractivity (Wildman–Crippen MR) is 94.7 cm³/mol. The van der Waals surface area contributed by atoms with Gasteiger partial charge in [0.15, 0.2) is 0 Å². The second kappa shape index (κ2) is 5.01. The van der Waals surface area contributed by atoms with E-state index in [1.54, 1.807) is 0 Å². The first-order valence-electron chi connectivity index (χ1n) is 6.96. The molecule has 3 heteroatoms. The molecule has 4 aromatic rings. The molecule has 0 aliphatic heterocycles. The van der Waals surface area contributed by atoms with Crippen molar-refractivity contribution in [3.05, 3.63) is 82.6 Å². The monoisotopic (exact) mass is 346 g/mol. The Kier molecular flexibility index (Phi) is 2.99. The van der Waals surface area contributed by atoms with Gasteiger partial charge in [0, 0.05) is 15.2 Å². The number of benzene rings is 3. The molecule has 0 amide bonds. The van der Waals surface area contributed by atoms with E-state index in [-0.39, 0.29) is 0 Å². The summed E-state index contributed by atoms with van der Waals surface area (Å²) in [5.41, 5.74) is 3.77. The van der Waals surface area contributed by atoms with Crippen LogP contribution in [0.5, 0.6) is 0 Å². The van der Waals surface area contributed by atoms with Crippen LogP contribution in [-0.4, -0.2) is 4.57 Å². The Bertz CT molecular complexity index is 1000.